The molecule has 1 atom stereocenters. The number of amides is 3. The maximum atomic E-state index is 11.5. The van der Waals surface area contributed by atoms with Crippen LogP contribution in [0.15, 0.2) is 18.2 Å². The Morgan fingerprint density at radius 1 is 1.29 bits per heavy atom. The summed E-state index contributed by atoms with van der Waals surface area (Å²) < 4.78 is 0. The molecule has 0 heterocycles. The molecule has 0 saturated carbocycles. The van der Waals surface area contributed by atoms with Crippen molar-refractivity contribution in [2.75, 3.05) is 5.32 Å². The Hall–Kier alpha value is -2.04. The molecule has 1 rings (SSSR count). The Bertz CT molecular complexity index is 443. The Labute approximate surface area is 100 Å². The number of hydrogen-bond acceptors (Lipinski definition) is 3. The fourth-order valence-electron chi connectivity index (χ4n) is 1.42. The Kier molecular flexibility index (Phi) is 4.09. The number of primary amides is 1. The molecule has 0 aliphatic carbocycles. The number of aryl methyl sites for hydroxylation is 2. The summed E-state index contributed by atoms with van der Waals surface area (Å²) in [7, 11) is 0. The van der Waals surface area contributed by atoms with Crippen molar-refractivity contribution >= 4 is 17.6 Å². The van der Waals surface area contributed by atoms with Crippen molar-refractivity contribution in [2.45, 2.75) is 26.8 Å². The lowest BCUT2D eigenvalue weighted by Crippen LogP contribution is -2.43. The van der Waals surface area contributed by atoms with E-state index < -0.39 is 18.0 Å². The number of benzene rings is 1. The number of rotatable bonds is 3. The topological polar surface area (TPSA) is 84.2 Å². The summed E-state index contributed by atoms with van der Waals surface area (Å²) in [6.07, 6.45) is 0. The molecule has 0 radical (unpaired) electrons. The van der Waals surface area contributed by atoms with Crippen molar-refractivity contribution in [2.24, 2.45) is 5.73 Å². The SMILES string of the molecule is Cc1ccc(C)c(N[C@H](C)C(=O)NC(N)=O)c1. The smallest absolute Gasteiger partial charge is 0.318 e. The van der Waals surface area contributed by atoms with Crippen LogP contribution in [0.25, 0.3) is 0 Å². The maximum Gasteiger partial charge on any atom is 0.318 e. The predicted molar refractivity (Wildman–Crippen MR) is 66.7 cm³/mol. The van der Waals surface area contributed by atoms with E-state index in [-0.39, 0.29) is 0 Å². The minimum Gasteiger partial charge on any atom is -0.374 e. The number of hydrogen-bond donors (Lipinski definition) is 3. The quantitative estimate of drug-likeness (QED) is 0.738. The van der Waals surface area contributed by atoms with E-state index in [1.165, 1.54) is 0 Å². The van der Waals surface area contributed by atoms with Gasteiger partial charge in [0.1, 0.15) is 6.04 Å². The van der Waals surface area contributed by atoms with Crippen LogP contribution in [-0.4, -0.2) is 18.0 Å². The summed E-state index contributed by atoms with van der Waals surface area (Å²) in [6, 6.07) is 4.54. The van der Waals surface area contributed by atoms with Crippen LogP contribution in [0.1, 0.15) is 18.1 Å². The molecular weight excluding hydrogens is 218 g/mol. The zero-order valence-corrected chi connectivity index (χ0v) is 10.2. The molecule has 0 fully saturated rings. The number of nitrogens with two attached hydrogens (primary N) is 1. The summed E-state index contributed by atoms with van der Waals surface area (Å²) in [6.45, 7) is 5.58. The van der Waals surface area contributed by atoms with E-state index in [9.17, 15) is 9.59 Å². The van der Waals surface area contributed by atoms with E-state index in [1.54, 1.807) is 6.92 Å². The van der Waals surface area contributed by atoms with Crippen molar-refractivity contribution in [3.8, 4) is 0 Å². The van der Waals surface area contributed by atoms with Crippen LogP contribution in [0.5, 0.6) is 0 Å². The Balaban J connectivity index is 2.73. The number of imide groups is 1. The standard InChI is InChI=1S/C12H17N3O2/c1-7-4-5-8(2)10(6-7)14-9(3)11(16)15-12(13)17/h4-6,9,14H,1-3H3,(H3,13,15,16,17)/t9-/m1/s1. The van der Waals surface area contributed by atoms with Crippen molar-refractivity contribution in [1.82, 2.24) is 5.32 Å². The summed E-state index contributed by atoms with van der Waals surface area (Å²) in [5, 5.41) is 5.07. The lowest BCUT2D eigenvalue weighted by Gasteiger charge is -2.16. The molecule has 1 aromatic rings. The first-order chi connectivity index (χ1) is 7.90. The van der Waals surface area contributed by atoms with Gasteiger partial charge in [-0.2, -0.15) is 0 Å². The third kappa shape index (κ3) is 3.79. The van der Waals surface area contributed by atoms with Gasteiger partial charge in [-0.1, -0.05) is 12.1 Å². The zero-order valence-electron chi connectivity index (χ0n) is 10.2. The normalized spacial score (nSPS) is 11.7. The average molecular weight is 235 g/mol. The highest BCUT2D eigenvalue weighted by atomic mass is 16.2. The average Bonchev–Trinajstić information content (AvgIpc) is 2.22. The molecule has 0 bridgehead atoms. The molecule has 0 unspecified atom stereocenters. The minimum atomic E-state index is -0.843. The van der Waals surface area contributed by atoms with Crippen LogP contribution in [0.2, 0.25) is 0 Å². The molecular formula is C12H17N3O2. The first kappa shape index (κ1) is 13.0. The summed E-state index contributed by atoms with van der Waals surface area (Å²) >= 11 is 0. The number of anilines is 1. The van der Waals surface area contributed by atoms with Gasteiger partial charge >= 0.3 is 6.03 Å². The third-order valence-corrected chi connectivity index (χ3v) is 2.40. The van der Waals surface area contributed by atoms with Crippen LogP contribution in [0.4, 0.5) is 10.5 Å². The maximum absolute atomic E-state index is 11.5. The Morgan fingerprint density at radius 2 is 1.94 bits per heavy atom. The lowest BCUT2D eigenvalue weighted by molar-refractivity contribution is -0.120. The van der Waals surface area contributed by atoms with E-state index >= 15 is 0 Å². The van der Waals surface area contributed by atoms with Gasteiger partial charge in [0, 0.05) is 5.69 Å². The summed E-state index contributed by atoms with van der Waals surface area (Å²) in [5.41, 5.74) is 7.89. The van der Waals surface area contributed by atoms with Crippen LogP contribution in [0.3, 0.4) is 0 Å². The van der Waals surface area contributed by atoms with Gasteiger partial charge in [-0.25, -0.2) is 4.79 Å². The van der Waals surface area contributed by atoms with Gasteiger partial charge in [-0.05, 0) is 38.0 Å². The first-order valence-electron chi connectivity index (χ1n) is 5.34. The van der Waals surface area contributed by atoms with Gasteiger partial charge in [-0.3, -0.25) is 10.1 Å². The molecule has 17 heavy (non-hydrogen) atoms. The van der Waals surface area contributed by atoms with Gasteiger partial charge in [0.15, 0.2) is 0 Å². The highest BCUT2D eigenvalue weighted by molar-refractivity contribution is 5.97. The number of carbonyl (C=O) groups excluding carboxylic acids is 2. The fourth-order valence-corrected chi connectivity index (χ4v) is 1.42. The lowest BCUT2D eigenvalue weighted by atomic mass is 10.1. The van der Waals surface area contributed by atoms with E-state index in [4.69, 9.17) is 5.73 Å². The van der Waals surface area contributed by atoms with Gasteiger partial charge in [-0.15, -0.1) is 0 Å². The molecule has 92 valence electrons. The molecule has 5 nitrogen and oxygen atoms in total. The van der Waals surface area contributed by atoms with Crippen LogP contribution >= 0.6 is 0 Å². The molecule has 4 N–H and O–H groups in total. The largest absolute Gasteiger partial charge is 0.374 e. The third-order valence-electron chi connectivity index (χ3n) is 2.40. The predicted octanol–water partition coefficient (Wildman–Crippen LogP) is 1.30. The van der Waals surface area contributed by atoms with Gasteiger partial charge < -0.3 is 11.1 Å². The molecule has 0 aromatic heterocycles. The summed E-state index contributed by atoms with van der Waals surface area (Å²) in [4.78, 5) is 22.0. The van der Waals surface area contributed by atoms with E-state index in [0.29, 0.717) is 0 Å². The zero-order chi connectivity index (χ0) is 13.0. The summed E-state index contributed by atoms with van der Waals surface area (Å²) in [5.74, 6) is -0.446. The number of carbonyl (C=O) groups is 2. The minimum absolute atomic E-state index is 0.446. The molecule has 5 heteroatoms. The monoisotopic (exact) mass is 235 g/mol. The van der Waals surface area contributed by atoms with Crippen molar-refractivity contribution in [3.63, 3.8) is 0 Å². The van der Waals surface area contributed by atoms with Crippen LogP contribution < -0.4 is 16.4 Å². The molecule has 1 aromatic carbocycles. The Morgan fingerprint density at radius 3 is 2.53 bits per heavy atom. The number of nitrogens with one attached hydrogen (secondary N) is 2. The van der Waals surface area contributed by atoms with Crippen molar-refractivity contribution < 1.29 is 9.59 Å². The van der Waals surface area contributed by atoms with Crippen LogP contribution in [0, 0.1) is 13.8 Å². The van der Waals surface area contributed by atoms with Gasteiger partial charge in [0.25, 0.3) is 0 Å². The highest BCUT2D eigenvalue weighted by Gasteiger charge is 2.14. The second kappa shape index (κ2) is 5.34. The van der Waals surface area contributed by atoms with E-state index in [0.717, 1.165) is 16.8 Å². The number of urea groups is 1. The molecule has 0 aliphatic rings. The fraction of sp³-hybridized carbons (Fsp3) is 0.333. The molecule has 0 spiro atoms. The molecule has 0 aliphatic heterocycles. The van der Waals surface area contributed by atoms with E-state index in [2.05, 4.69) is 5.32 Å². The van der Waals surface area contributed by atoms with Gasteiger partial charge in [0.05, 0.1) is 0 Å². The second-order valence-electron chi connectivity index (χ2n) is 4.04. The molecule has 0 saturated heterocycles. The van der Waals surface area contributed by atoms with Gasteiger partial charge in [0.2, 0.25) is 5.91 Å². The second-order valence-corrected chi connectivity index (χ2v) is 4.04. The van der Waals surface area contributed by atoms with Crippen molar-refractivity contribution in [3.05, 3.63) is 29.3 Å². The highest BCUT2D eigenvalue weighted by Crippen LogP contribution is 2.17. The molecule has 3 amide bonds. The first-order valence-corrected chi connectivity index (χ1v) is 5.34. The van der Waals surface area contributed by atoms with Crippen LogP contribution in [-0.2, 0) is 4.79 Å². The van der Waals surface area contributed by atoms with E-state index in [1.807, 2.05) is 37.4 Å². The van der Waals surface area contributed by atoms with Crippen molar-refractivity contribution in [1.29, 1.82) is 0 Å².